The highest BCUT2D eigenvalue weighted by Gasteiger charge is 1.93. The van der Waals surface area contributed by atoms with Crippen LogP contribution in [0.25, 0.3) is 0 Å². The van der Waals surface area contributed by atoms with Gasteiger partial charge in [-0.15, -0.1) is 0 Å². The lowest BCUT2D eigenvalue weighted by Gasteiger charge is -2.12. The van der Waals surface area contributed by atoms with Gasteiger partial charge >= 0.3 is 0 Å². The molecule has 0 aliphatic rings. The van der Waals surface area contributed by atoms with E-state index < -0.39 is 0 Å². The van der Waals surface area contributed by atoms with Crippen LogP contribution in [0.5, 0.6) is 0 Å². The van der Waals surface area contributed by atoms with Crippen molar-refractivity contribution in [2.75, 3.05) is 14.1 Å². The van der Waals surface area contributed by atoms with Crippen molar-refractivity contribution in [3.63, 3.8) is 0 Å². The second-order valence-electron chi connectivity index (χ2n) is 2.19. The van der Waals surface area contributed by atoms with E-state index in [1.165, 1.54) is 0 Å². The van der Waals surface area contributed by atoms with Crippen LogP contribution in [0.15, 0.2) is 12.3 Å². The van der Waals surface area contributed by atoms with E-state index in [-0.39, 0.29) is 0 Å². The highest BCUT2D eigenvalue weighted by atomic mass is 16.7. The minimum atomic E-state index is 0.836. The number of allylic oxidation sites excluding steroid dienone is 1. The van der Waals surface area contributed by atoms with Crippen molar-refractivity contribution in [2.45, 2.75) is 19.8 Å². The van der Waals surface area contributed by atoms with E-state index >= 15 is 0 Å². The largest absolute Gasteiger partial charge is 0.412 e. The Morgan fingerprint density at radius 2 is 2.11 bits per heavy atom. The van der Waals surface area contributed by atoms with Crippen LogP contribution < -0.4 is 0 Å². The normalized spacial score (nSPS) is 9.78. The number of hydrogen-bond donors (Lipinski definition) is 0. The molecule has 0 saturated heterocycles. The van der Waals surface area contributed by atoms with Crippen LogP contribution in [0.4, 0.5) is 0 Å². The van der Waals surface area contributed by atoms with Crippen LogP contribution in [-0.2, 0) is 4.84 Å². The lowest BCUT2D eigenvalue weighted by atomic mass is 10.3. The summed E-state index contributed by atoms with van der Waals surface area (Å²) in [6.45, 7) is 5.82. The van der Waals surface area contributed by atoms with Gasteiger partial charge in [0.2, 0.25) is 0 Å². The zero-order valence-electron chi connectivity index (χ0n) is 6.48. The molecule has 0 aliphatic carbocycles. The molecule has 0 bridgehead atoms. The van der Waals surface area contributed by atoms with E-state index in [9.17, 15) is 0 Å². The van der Waals surface area contributed by atoms with Crippen molar-refractivity contribution >= 4 is 0 Å². The van der Waals surface area contributed by atoms with Crippen LogP contribution in [0.1, 0.15) is 19.8 Å². The van der Waals surface area contributed by atoms with E-state index in [2.05, 4.69) is 13.5 Å². The fourth-order valence-electron chi connectivity index (χ4n) is 0.583. The van der Waals surface area contributed by atoms with Crippen molar-refractivity contribution in [3.05, 3.63) is 12.3 Å². The first-order valence-corrected chi connectivity index (χ1v) is 3.20. The van der Waals surface area contributed by atoms with Crippen molar-refractivity contribution in [3.8, 4) is 0 Å². The van der Waals surface area contributed by atoms with Crippen LogP contribution in [0.3, 0.4) is 0 Å². The van der Waals surface area contributed by atoms with Crippen molar-refractivity contribution in [1.29, 1.82) is 0 Å². The standard InChI is InChI=1S/C7H15NO/c1-5-6-7(2)9-8(3)4/h2,5-6H2,1,3-4H3. The zero-order chi connectivity index (χ0) is 7.28. The predicted octanol–water partition coefficient (Wildman–Crippen LogP) is 1.79. The zero-order valence-corrected chi connectivity index (χ0v) is 6.48. The topological polar surface area (TPSA) is 12.5 Å². The molecule has 0 unspecified atom stereocenters. The van der Waals surface area contributed by atoms with Crippen molar-refractivity contribution in [1.82, 2.24) is 5.06 Å². The minimum Gasteiger partial charge on any atom is -0.412 e. The minimum absolute atomic E-state index is 0.836. The molecule has 0 saturated carbocycles. The first kappa shape index (κ1) is 8.50. The highest BCUT2D eigenvalue weighted by molar-refractivity contribution is 4.79. The summed E-state index contributed by atoms with van der Waals surface area (Å²) >= 11 is 0. The van der Waals surface area contributed by atoms with Gasteiger partial charge in [-0.05, 0) is 6.42 Å². The summed E-state index contributed by atoms with van der Waals surface area (Å²) in [7, 11) is 3.70. The summed E-state index contributed by atoms with van der Waals surface area (Å²) in [5, 5.41) is 1.65. The number of nitrogens with zero attached hydrogens (tertiary/aromatic N) is 1. The summed E-state index contributed by atoms with van der Waals surface area (Å²) in [6.07, 6.45) is 2.03. The maximum Gasteiger partial charge on any atom is 0.117 e. The maximum atomic E-state index is 5.13. The lowest BCUT2D eigenvalue weighted by molar-refractivity contribution is -0.0763. The molecule has 0 spiro atoms. The van der Waals surface area contributed by atoms with Gasteiger partial charge in [-0.1, -0.05) is 13.5 Å². The first-order chi connectivity index (χ1) is 4.16. The molecule has 0 radical (unpaired) electrons. The molecule has 0 aromatic rings. The van der Waals surface area contributed by atoms with E-state index in [1.807, 2.05) is 14.1 Å². The smallest absolute Gasteiger partial charge is 0.117 e. The Balaban J connectivity index is 3.27. The first-order valence-electron chi connectivity index (χ1n) is 3.20. The molecule has 0 aromatic carbocycles. The molecule has 54 valence electrons. The SMILES string of the molecule is C=C(CCC)ON(C)C. The molecule has 0 amide bonds. The summed E-state index contributed by atoms with van der Waals surface area (Å²) in [4.78, 5) is 5.13. The molecule has 0 N–H and O–H groups in total. The lowest BCUT2D eigenvalue weighted by Crippen LogP contribution is -2.11. The number of rotatable bonds is 4. The quantitative estimate of drug-likeness (QED) is 0.424. The van der Waals surface area contributed by atoms with Crippen LogP contribution >= 0.6 is 0 Å². The summed E-state index contributed by atoms with van der Waals surface area (Å²) < 4.78 is 0. The molecule has 9 heavy (non-hydrogen) atoms. The van der Waals surface area contributed by atoms with Crippen molar-refractivity contribution in [2.24, 2.45) is 0 Å². The molecular formula is C7H15NO. The second-order valence-corrected chi connectivity index (χ2v) is 2.19. The van der Waals surface area contributed by atoms with Gasteiger partial charge in [-0.3, -0.25) is 0 Å². The van der Waals surface area contributed by atoms with E-state index in [4.69, 9.17) is 4.84 Å². The highest BCUT2D eigenvalue weighted by Crippen LogP contribution is 2.03. The fraction of sp³-hybridized carbons (Fsp3) is 0.714. The Labute approximate surface area is 57.1 Å². The molecular weight excluding hydrogens is 114 g/mol. The Bertz CT molecular complexity index is 88.9. The Morgan fingerprint density at radius 3 is 2.44 bits per heavy atom. The molecule has 2 nitrogen and oxygen atoms in total. The Morgan fingerprint density at radius 1 is 1.56 bits per heavy atom. The maximum absolute atomic E-state index is 5.13. The van der Waals surface area contributed by atoms with Gasteiger partial charge in [-0.25, -0.2) is 0 Å². The third-order valence-electron chi connectivity index (χ3n) is 0.841. The summed E-state index contributed by atoms with van der Waals surface area (Å²) in [5.74, 6) is 0.836. The predicted molar refractivity (Wildman–Crippen MR) is 38.8 cm³/mol. The third-order valence-corrected chi connectivity index (χ3v) is 0.841. The molecule has 0 aliphatic heterocycles. The third kappa shape index (κ3) is 5.37. The van der Waals surface area contributed by atoms with Gasteiger partial charge in [-0.2, -0.15) is 5.06 Å². The number of hydroxylamine groups is 2. The molecule has 0 aromatic heterocycles. The van der Waals surface area contributed by atoms with Crippen LogP contribution in [0.2, 0.25) is 0 Å². The molecule has 0 atom stereocenters. The monoisotopic (exact) mass is 129 g/mol. The van der Waals surface area contributed by atoms with Gasteiger partial charge in [0.15, 0.2) is 0 Å². The summed E-state index contributed by atoms with van der Waals surface area (Å²) in [5.41, 5.74) is 0. The molecule has 0 heterocycles. The van der Waals surface area contributed by atoms with Crippen LogP contribution in [-0.4, -0.2) is 19.2 Å². The van der Waals surface area contributed by atoms with E-state index in [0.29, 0.717) is 0 Å². The second kappa shape index (κ2) is 4.39. The molecule has 2 heteroatoms. The van der Waals surface area contributed by atoms with Gasteiger partial charge in [0.1, 0.15) is 5.76 Å². The Kier molecular flexibility index (Phi) is 4.14. The number of hydrogen-bond acceptors (Lipinski definition) is 2. The van der Waals surface area contributed by atoms with E-state index in [0.717, 1.165) is 18.6 Å². The molecule has 0 fully saturated rings. The average Bonchev–Trinajstić information content (AvgIpc) is 1.63. The van der Waals surface area contributed by atoms with Gasteiger partial charge in [0.05, 0.1) is 0 Å². The Hall–Kier alpha value is -0.500. The van der Waals surface area contributed by atoms with Crippen LogP contribution in [0, 0.1) is 0 Å². The van der Waals surface area contributed by atoms with Gasteiger partial charge < -0.3 is 4.84 Å². The molecule has 0 rings (SSSR count). The van der Waals surface area contributed by atoms with Gasteiger partial charge in [0.25, 0.3) is 0 Å². The summed E-state index contributed by atoms with van der Waals surface area (Å²) in [6, 6.07) is 0. The van der Waals surface area contributed by atoms with Crippen molar-refractivity contribution < 1.29 is 4.84 Å². The average molecular weight is 129 g/mol. The fourth-order valence-corrected chi connectivity index (χ4v) is 0.583. The van der Waals surface area contributed by atoms with E-state index in [1.54, 1.807) is 5.06 Å². The van der Waals surface area contributed by atoms with Gasteiger partial charge in [0, 0.05) is 20.5 Å².